The standard InChI is InChI=1S/C16H28N4/c1-3-12-7-5-8-13(11-12)17-14-9-6-10-20-16(14)18-15(4-2)19-20/h12-14,17H,3-11H2,1-2H3/t12-,13-,14+/m1/s1. The van der Waals surface area contributed by atoms with Crippen LogP contribution < -0.4 is 5.32 Å². The Kier molecular flexibility index (Phi) is 4.39. The molecule has 1 aliphatic carbocycles. The highest BCUT2D eigenvalue weighted by atomic mass is 15.4. The summed E-state index contributed by atoms with van der Waals surface area (Å²) in [5.41, 5.74) is 0. The lowest BCUT2D eigenvalue weighted by Gasteiger charge is -2.33. The smallest absolute Gasteiger partial charge is 0.150 e. The van der Waals surface area contributed by atoms with Gasteiger partial charge in [0.15, 0.2) is 5.82 Å². The fourth-order valence-electron chi connectivity index (χ4n) is 3.80. The molecule has 1 saturated carbocycles. The maximum absolute atomic E-state index is 4.74. The molecule has 0 aromatic carbocycles. The lowest BCUT2D eigenvalue weighted by molar-refractivity contribution is 0.242. The number of hydrogen-bond donors (Lipinski definition) is 1. The number of aryl methyl sites for hydroxylation is 2. The van der Waals surface area contributed by atoms with Crippen molar-refractivity contribution in [3.8, 4) is 0 Å². The van der Waals surface area contributed by atoms with E-state index in [0.29, 0.717) is 12.1 Å². The molecule has 0 bridgehead atoms. The Balaban J connectivity index is 1.68. The molecule has 1 fully saturated rings. The molecule has 3 rings (SSSR count). The van der Waals surface area contributed by atoms with Crippen LogP contribution in [0.3, 0.4) is 0 Å². The molecule has 20 heavy (non-hydrogen) atoms. The monoisotopic (exact) mass is 276 g/mol. The average Bonchev–Trinajstić information content (AvgIpc) is 2.92. The lowest BCUT2D eigenvalue weighted by Crippen LogP contribution is -2.39. The molecular weight excluding hydrogens is 248 g/mol. The highest BCUT2D eigenvalue weighted by Gasteiger charge is 2.28. The molecule has 2 heterocycles. The van der Waals surface area contributed by atoms with E-state index in [1.165, 1.54) is 50.8 Å². The molecule has 0 amide bonds. The number of rotatable bonds is 4. The molecule has 3 atom stereocenters. The van der Waals surface area contributed by atoms with E-state index in [4.69, 9.17) is 4.98 Å². The van der Waals surface area contributed by atoms with Crippen LogP contribution >= 0.6 is 0 Å². The summed E-state index contributed by atoms with van der Waals surface area (Å²) in [4.78, 5) is 4.74. The molecule has 1 aromatic rings. The zero-order valence-corrected chi connectivity index (χ0v) is 12.9. The highest BCUT2D eigenvalue weighted by molar-refractivity contribution is 5.03. The third kappa shape index (κ3) is 2.90. The highest BCUT2D eigenvalue weighted by Crippen LogP contribution is 2.30. The summed E-state index contributed by atoms with van der Waals surface area (Å²) in [7, 11) is 0. The molecule has 4 nitrogen and oxygen atoms in total. The van der Waals surface area contributed by atoms with Gasteiger partial charge in [0.05, 0.1) is 6.04 Å². The van der Waals surface area contributed by atoms with Crippen LogP contribution in [0.2, 0.25) is 0 Å². The minimum absolute atomic E-state index is 0.428. The van der Waals surface area contributed by atoms with E-state index < -0.39 is 0 Å². The van der Waals surface area contributed by atoms with Crippen molar-refractivity contribution in [2.45, 2.75) is 83.8 Å². The van der Waals surface area contributed by atoms with Crippen molar-refractivity contribution in [2.24, 2.45) is 5.92 Å². The Morgan fingerprint density at radius 1 is 1.20 bits per heavy atom. The number of nitrogens with zero attached hydrogens (tertiary/aromatic N) is 3. The largest absolute Gasteiger partial charge is 0.304 e. The van der Waals surface area contributed by atoms with Crippen LogP contribution in [0.25, 0.3) is 0 Å². The van der Waals surface area contributed by atoms with Gasteiger partial charge in [0, 0.05) is 19.0 Å². The van der Waals surface area contributed by atoms with E-state index in [2.05, 4.69) is 28.9 Å². The zero-order chi connectivity index (χ0) is 13.9. The van der Waals surface area contributed by atoms with Gasteiger partial charge in [0.1, 0.15) is 5.82 Å². The number of fused-ring (bicyclic) bond motifs is 1. The summed E-state index contributed by atoms with van der Waals surface area (Å²) in [6.45, 7) is 5.51. The molecule has 2 aliphatic rings. The van der Waals surface area contributed by atoms with Gasteiger partial charge < -0.3 is 5.32 Å². The minimum Gasteiger partial charge on any atom is -0.304 e. The van der Waals surface area contributed by atoms with E-state index in [1.54, 1.807) is 0 Å². The number of nitrogens with one attached hydrogen (secondary N) is 1. The van der Waals surface area contributed by atoms with Crippen LogP contribution in [0.1, 0.15) is 76.5 Å². The third-order valence-electron chi connectivity index (χ3n) is 5.03. The first-order valence-corrected chi connectivity index (χ1v) is 8.49. The molecule has 1 aliphatic heterocycles. The van der Waals surface area contributed by atoms with Gasteiger partial charge in [-0.1, -0.05) is 33.1 Å². The molecule has 1 aromatic heterocycles. The van der Waals surface area contributed by atoms with Crippen molar-refractivity contribution in [3.63, 3.8) is 0 Å². The van der Waals surface area contributed by atoms with Gasteiger partial charge in [0.2, 0.25) is 0 Å². The maximum Gasteiger partial charge on any atom is 0.150 e. The van der Waals surface area contributed by atoms with E-state index in [-0.39, 0.29) is 0 Å². The topological polar surface area (TPSA) is 42.7 Å². The third-order valence-corrected chi connectivity index (χ3v) is 5.03. The molecule has 0 saturated heterocycles. The minimum atomic E-state index is 0.428. The van der Waals surface area contributed by atoms with Crippen LogP contribution in [-0.4, -0.2) is 20.8 Å². The van der Waals surface area contributed by atoms with Crippen molar-refractivity contribution in [1.29, 1.82) is 0 Å². The summed E-state index contributed by atoms with van der Waals surface area (Å²) in [6.07, 6.45) is 10.2. The Morgan fingerprint density at radius 3 is 2.90 bits per heavy atom. The second kappa shape index (κ2) is 6.25. The van der Waals surface area contributed by atoms with Crippen molar-refractivity contribution in [2.75, 3.05) is 0 Å². The normalized spacial score (nSPS) is 30.2. The Hall–Kier alpha value is -0.900. The van der Waals surface area contributed by atoms with Crippen LogP contribution in [0.5, 0.6) is 0 Å². The fourth-order valence-corrected chi connectivity index (χ4v) is 3.80. The number of aromatic nitrogens is 3. The first kappa shape index (κ1) is 14.1. The van der Waals surface area contributed by atoms with Gasteiger partial charge in [-0.3, -0.25) is 0 Å². The second-order valence-electron chi connectivity index (χ2n) is 6.46. The van der Waals surface area contributed by atoms with Gasteiger partial charge in [0.25, 0.3) is 0 Å². The summed E-state index contributed by atoms with van der Waals surface area (Å²) in [5, 5.41) is 8.50. The summed E-state index contributed by atoms with van der Waals surface area (Å²) in [5.74, 6) is 3.12. The van der Waals surface area contributed by atoms with E-state index in [1.807, 2.05) is 0 Å². The molecule has 112 valence electrons. The SMILES string of the molecule is CCc1nc2n(n1)CCC[C@@H]2N[C@@H]1CCC[C@@H](CC)C1. The summed E-state index contributed by atoms with van der Waals surface area (Å²) in [6, 6.07) is 1.11. The summed E-state index contributed by atoms with van der Waals surface area (Å²) >= 11 is 0. The van der Waals surface area contributed by atoms with Gasteiger partial charge in [-0.25, -0.2) is 9.67 Å². The molecule has 0 radical (unpaired) electrons. The van der Waals surface area contributed by atoms with Crippen LogP contribution in [0.15, 0.2) is 0 Å². The van der Waals surface area contributed by atoms with Crippen molar-refractivity contribution < 1.29 is 0 Å². The zero-order valence-electron chi connectivity index (χ0n) is 12.9. The van der Waals surface area contributed by atoms with Gasteiger partial charge in [-0.15, -0.1) is 0 Å². The van der Waals surface area contributed by atoms with Crippen LogP contribution in [-0.2, 0) is 13.0 Å². The molecule has 0 unspecified atom stereocenters. The van der Waals surface area contributed by atoms with Gasteiger partial charge in [-0.05, 0) is 31.6 Å². The van der Waals surface area contributed by atoms with Crippen molar-refractivity contribution in [1.82, 2.24) is 20.1 Å². The van der Waals surface area contributed by atoms with Gasteiger partial charge in [-0.2, -0.15) is 5.10 Å². The maximum atomic E-state index is 4.74. The molecule has 1 N–H and O–H groups in total. The van der Waals surface area contributed by atoms with Crippen molar-refractivity contribution >= 4 is 0 Å². The Labute approximate surface area is 122 Å². The van der Waals surface area contributed by atoms with Crippen molar-refractivity contribution in [3.05, 3.63) is 11.6 Å². The predicted octanol–water partition coefficient (Wildman–Crippen LogP) is 3.23. The molecule has 0 spiro atoms. The Bertz CT molecular complexity index is 440. The first-order chi connectivity index (χ1) is 9.80. The Morgan fingerprint density at radius 2 is 2.10 bits per heavy atom. The fraction of sp³-hybridized carbons (Fsp3) is 0.875. The number of hydrogen-bond acceptors (Lipinski definition) is 3. The molecule has 4 heteroatoms. The molecular formula is C16H28N4. The van der Waals surface area contributed by atoms with Gasteiger partial charge >= 0.3 is 0 Å². The predicted molar refractivity (Wildman–Crippen MR) is 80.5 cm³/mol. The quantitative estimate of drug-likeness (QED) is 0.918. The lowest BCUT2D eigenvalue weighted by atomic mass is 9.83. The average molecular weight is 276 g/mol. The first-order valence-electron chi connectivity index (χ1n) is 8.49. The van der Waals surface area contributed by atoms with Crippen LogP contribution in [0.4, 0.5) is 0 Å². The summed E-state index contributed by atoms with van der Waals surface area (Å²) < 4.78 is 2.14. The van der Waals surface area contributed by atoms with E-state index in [9.17, 15) is 0 Å². The second-order valence-corrected chi connectivity index (χ2v) is 6.46. The van der Waals surface area contributed by atoms with Crippen LogP contribution in [0, 0.1) is 5.92 Å². The van der Waals surface area contributed by atoms with E-state index in [0.717, 1.165) is 24.7 Å². The van der Waals surface area contributed by atoms with E-state index >= 15 is 0 Å².